The zero-order valence-corrected chi connectivity index (χ0v) is 9.39. The molecule has 0 saturated carbocycles. The van der Waals surface area contributed by atoms with Crippen LogP contribution in [0.25, 0.3) is 0 Å². The summed E-state index contributed by atoms with van der Waals surface area (Å²) in [6, 6.07) is 1.63. The lowest BCUT2D eigenvalue weighted by Gasteiger charge is -2.14. The average molecular weight is 215 g/mol. The largest absolute Gasteiger partial charge is 0.506 e. The highest BCUT2D eigenvalue weighted by molar-refractivity contribution is 6.32. The second-order valence-electron chi connectivity index (χ2n) is 3.68. The van der Waals surface area contributed by atoms with Gasteiger partial charge >= 0.3 is 0 Å². The van der Waals surface area contributed by atoms with Gasteiger partial charge in [0.25, 0.3) is 0 Å². The van der Waals surface area contributed by atoms with Gasteiger partial charge in [0.05, 0.1) is 11.1 Å². The Morgan fingerprint density at radius 3 is 2.50 bits per heavy atom. The predicted octanol–water partition coefficient (Wildman–Crippen LogP) is 2.59. The molecule has 1 aromatic rings. The van der Waals surface area contributed by atoms with Crippen molar-refractivity contribution >= 4 is 11.6 Å². The normalized spacial score (nSPS) is 12.9. The summed E-state index contributed by atoms with van der Waals surface area (Å²) < 4.78 is 0. The highest BCUT2D eigenvalue weighted by Gasteiger charge is 2.12. The first kappa shape index (κ1) is 11.3. The molecule has 0 aromatic heterocycles. The fraction of sp³-hybridized carbons (Fsp3) is 0.455. The monoisotopic (exact) mass is 214 g/mol. The summed E-state index contributed by atoms with van der Waals surface area (Å²) >= 11 is 5.91. The Kier molecular flexibility index (Phi) is 3.40. The van der Waals surface area contributed by atoms with Crippen LogP contribution in [0.1, 0.15) is 23.6 Å². The van der Waals surface area contributed by atoms with Crippen molar-refractivity contribution in [2.75, 3.05) is 0 Å². The maximum absolute atomic E-state index is 9.45. The van der Waals surface area contributed by atoms with Crippen molar-refractivity contribution in [3.63, 3.8) is 0 Å². The molecular formula is C11H15ClO2. The molecule has 0 heterocycles. The van der Waals surface area contributed by atoms with E-state index < -0.39 is 6.10 Å². The lowest BCUT2D eigenvalue weighted by molar-refractivity contribution is 0.195. The number of aryl methyl sites for hydroxylation is 1. The zero-order valence-electron chi connectivity index (χ0n) is 8.63. The van der Waals surface area contributed by atoms with Crippen molar-refractivity contribution in [1.29, 1.82) is 0 Å². The van der Waals surface area contributed by atoms with E-state index in [2.05, 4.69) is 0 Å². The van der Waals surface area contributed by atoms with Gasteiger partial charge in [-0.3, -0.25) is 0 Å². The Hall–Kier alpha value is -0.730. The first-order chi connectivity index (χ1) is 6.43. The molecular weight excluding hydrogens is 200 g/mol. The van der Waals surface area contributed by atoms with Crippen molar-refractivity contribution in [3.8, 4) is 5.75 Å². The van der Waals surface area contributed by atoms with Gasteiger partial charge in [-0.1, -0.05) is 11.6 Å². The molecule has 0 spiro atoms. The van der Waals surface area contributed by atoms with Crippen molar-refractivity contribution in [2.45, 2.75) is 33.3 Å². The van der Waals surface area contributed by atoms with E-state index in [0.717, 1.165) is 16.7 Å². The number of hydrogen-bond donors (Lipinski definition) is 2. The Morgan fingerprint density at radius 1 is 1.43 bits per heavy atom. The summed E-state index contributed by atoms with van der Waals surface area (Å²) in [6.45, 7) is 5.49. The molecule has 0 radical (unpaired) electrons. The van der Waals surface area contributed by atoms with E-state index in [1.165, 1.54) is 0 Å². The molecule has 2 N–H and O–H groups in total. The van der Waals surface area contributed by atoms with Gasteiger partial charge in [0, 0.05) is 0 Å². The minimum Gasteiger partial charge on any atom is -0.506 e. The molecule has 0 aliphatic carbocycles. The Morgan fingerprint density at radius 2 is 2.00 bits per heavy atom. The molecule has 3 heteroatoms. The highest BCUT2D eigenvalue weighted by Crippen LogP contribution is 2.32. The van der Waals surface area contributed by atoms with Gasteiger partial charge in [-0.05, 0) is 49.9 Å². The third kappa shape index (κ3) is 2.20. The molecule has 2 nitrogen and oxygen atoms in total. The topological polar surface area (TPSA) is 40.5 Å². The third-order valence-electron chi connectivity index (χ3n) is 2.34. The molecule has 1 atom stereocenters. The Bertz CT molecular complexity index is 346. The SMILES string of the molecule is Cc1cc(O)c(Cl)c(C)c1CC(C)O. The number of phenols is 1. The van der Waals surface area contributed by atoms with Crippen LogP contribution < -0.4 is 0 Å². The van der Waals surface area contributed by atoms with E-state index in [1.54, 1.807) is 13.0 Å². The molecule has 0 saturated heterocycles. The molecule has 0 amide bonds. The molecule has 1 aromatic carbocycles. The average Bonchev–Trinajstić information content (AvgIpc) is 2.09. The number of aliphatic hydroxyl groups excluding tert-OH is 1. The lowest BCUT2D eigenvalue weighted by Crippen LogP contribution is -2.07. The molecule has 0 aliphatic heterocycles. The Labute approximate surface area is 89.1 Å². The number of aromatic hydroxyl groups is 1. The van der Waals surface area contributed by atoms with Crippen molar-refractivity contribution in [1.82, 2.24) is 0 Å². The third-order valence-corrected chi connectivity index (χ3v) is 2.81. The van der Waals surface area contributed by atoms with Crippen molar-refractivity contribution < 1.29 is 10.2 Å². The van der Waals surface area contributed by atoms with Crippen LogP contribution in [0.15, 0.2) is 6.07 Å². The molecule has 78 valence electrons. The fourth-order valence-corrected chi connectivity index (χ4v) is 1.75. The van der Waals surface area contributed by atoms with Crippen LogP contribution in [-0.4, -0.2) is 16.3 Å². The quantitative estimate of drug-likeness (QED) is 0.795. The van der Waals surface area contributed by atoms with Gasteiger partial charge in [-0.15, -0.1) is 0 Å². The minimum atomic E-state index is -0.395. The van der Waals surface area contributed by atoms with E-state index in [-0.39, 0.29) is 5.75 Å². The summed E-state index contributed by atoms with van der Waals surface area (Å²) in [7, 11) is 0. The lowest BCUT2D eigenvalue weighted by atomic mass is 9.97. The number of benzene rings is 1. The molecule has 14 heavy (non-hydrogen) atoms. The summed E-state index contributed by atoms with van der Waals surface area (Å²) in [5, 5.41) is 19.1. The number of halogens is 1. The van der Waals surface area contributed by atoms with Crippen LogP contribution in [0.5, 0.6) is 5.75 Å². The zero-order chi connectivity index (χ0) is 10.9. The van der Waals surface area contributed by atoms with E-state index in [9.17, 15) is 10.2 Å². The second kappa shape index (κ2) is 4.20. The second-order valence-corrected chi connectivity index (χ2v) is 4.06. The molecule has 0 fully saturated rings. The van der Waals surface area contributed by atoms with E-state index in [4.69, 9.17) is 11.6 Å². The van der Waals surface area contributed by atoms with Crippen LogP contribution in [0.3, 0.4) is 0 Å². The summed E-state index contributed by atoms with van der Waals surface area (Å²) in [4.78, 5) is 0. The van der Waals surface area contributed by atoms with E-state index in [1.807, 2.05) is 13.8 Å². The first-order valence-corrected chi connectivity index (χ1v) is 4.97. The number of hydrogen-bond acceptors (Lipinski definition) is 2. The van der Waals surface area contributed by atoms with Gasteiger partial charge in [-0.25, -0.2) is 0 Å². The van der Waals surface area contributed by atoms with E-state index in [0.29, 0.717) is 11.4 Å². The number of phenolic OH excluding ortho intramolecular Hbond substituents is 1. The Balaban J connectivity index is 3.22. The van der Waals surface area contributed by atoms with Crippen molar-refractivity contribution in [2.24, 2.45) is 0 Å². The van der Waals surface area contributed by atoms with Gasteiger partial charge < -0.3 is 10.2 Å². The maximum atomic E-state index is 9.45. The van der Waals surface area contributed by atoms with Crippen molar-refractivity contribution in [3.05, 3.63) is 27.8 Å². The fourth-order valence-electron chi connectivity index (χ4n) is 1.59. The van der Waals surface area contributed by atoms with Crippen LogP contribution >= 0.6 is 11.6 Å². The highest BCUT2D eigenvalue weighted by atomic mass is 35.5. The smallest absolute Gasteiger partial charge is 0.134 e. The number of rotatable bonds is 2. The van der Waals surface area contributed by atoms with Gasteiger partial charge in [0.1, 0.15) is 5.75 Å². The molecule has 0 aliphatic rings. The summed E-state index contributed by atoms with van der Waals surface area (Å²) in [6.07, 6.45) is 0.172. The molecule has 1 rings (SSSR count). The van der Waals surface area contributed by atoms with Crippen LogP contribution in [0.4, 0.5) is 0 Å². The summed E-state index contributed by atoms with van der Waals surface area (Å²) in [5.41, 5.74) is 2.83. The van der Waals surface area contributed by atoms with Gasteiger partial charge in [0.15, 0.2) is 0 Å². The molecule has 1 unspecified atom stereocenters. The summed E-state index contributed by atoms with van der Waals surface area (Å²) in [5.74, 6) is 0.107. The predicted molar refractivity (Wildman–Crippen MR) is 58.0 cm³/mol. The minimum absolute atomic E-state index is 0.107. The number of aliphatic hydroxyl groups is 1. The maximum Gasteiger partial charge on any atom is 0.134 e. The standard InChI is InChI=1S/C11H15ClO2/c1-6-4-10(14)11(12)8(3)9(6)5-7(2)13/h4,7,13-14H,5H2,1-3H3. The van der Waals surface area contributed by atoms with Crippen LogP contribution in [-0.2, 0) is 6.42 Å². The van der Waals surface area contributed by atoms with Crippen LogP contribution in [0, 0.1) is 13.8 Å². The van der Waals surface area contributed by atoms with Gasteiger partial charge in [-0.2, -0.15) is 0 Å². The van der Waals surface area contributed by atoms with E-state index >= 15 is 0 Å². The van der Waals surface area contributed by atoms with Crippen LogP contribution in [0.2, 0.25) is 5.02 Å². The van der Waals surface area contributed by atoms with Gasteiger partial charge in [0.2, 0.25) is 0 Å². The first-order valence-electron chi connectivity index (χ1n) is 4.59. The molecule has 0 bridgehead atoms.